The fourth-order valence-electron chi connectivity index (χ4n) is 3.15. The minimum Gasteiger partial charge on any atom is -0.337 e. The van der Waals surface area contributed by atoms with E-state index in [2.05, 4.69) is 20.2 Å². The predicted octanol–water partition coefficient (Wildman–Crippen LogP) is 3.78. The summed E-state index contributed by atoms with van der Waals surface area (Å²) in [5, 5.41) is 8.51. The van der Waals surface area contributed by atoms with Crippen molar-refractivity contribution in [3.8, 4) is 17.1 Å². The zero-order valence-corrected chi connectivity index (χ0v) is 16.9. The van der Waals surface area contributed by atoms with E-state index in [4.69, 9.17) is 16.1 Å². The van der Waals surface area contributed by atoms with Crippen molar-refractivity contribution in [2.24, 2.45) is 0 Å². The molecule has 0 radical (unpaired) electrons. The second-order valence-electron chi connectivity index (χ2n) is 6.95. The van der Waals surface area contributed by atoms with Crippen molar-refractivity contribution in [3.05, 3.63) is 87.6 Å². The molecule has 5 aromatic rings. The average Bonchev–Trinajstić information content (AvgIpc) is 3.40. The maximum absolute atomic E-state index is 13.4. The fraction of sp³-hybridized carbons (Fsp3) is 0.0952. The molecule has 0 N–H and O–H groups in total. The molecule has 0 aliphatic rings. The highest BCUT2D eigenvalue weighted by Crippen LogP contribution is 2.23. The third-order valence-corrected chi connectivity index (χ3v) is 5.07. The van der Waals surface area contributed by atoms with Crippen LogP contribution in [-0.4, -0.2) is 29.5 Å². The second kappa shape index (κ2) is 7.44. The van der Waals surface area contributed by atoms with Crippen LogP contribution in [0.3, 0.4) is 0 Å². The topological polar surface area (TPSA) is 91.6 Å². The smallest absolute Gasteiger partial charge is 0.264 e. The van der Waals surface area contributed by atoms with Gasteiger partial charge in [-0.3, -0.25) is 9.36 Å². The SMILES string of the molecule is Cc1ccc(-n2ncc3c(=O)n(Cc4nc(-c5ccc(F)c(Cl)c5)no4)cnc32)cc1. The van der Waals surface area contributed by atoms with Gasteiger partial charge in [0, 0.05) is 5.56 Å². The number of aryl methyl sites for hydroxylation is 1. The van der Waals surface area contributed by atoms with Crippen molar-refractivity contribution >= 4 is 22.6 Å². The molecule has 0 amide bonds. The third kappa shape index (κ3) is 3.49. The number of aromatic nitrogens is 6. The Morgan fingerprint density at radius 2 is 1.97 bits per heavy atom. The van der Waals surface area contributed by atoms with Crippen molar-refractivity contribution in [1.29, 1.82) is 0 Å². The maximum Gasteiger partial charge on any atom is 0.264 e. The van der Waals surface area contributed by atoms with Crippen molar-refractivity contribution in [2.75, 3.05) is 0 Å². The van der Waals surface area contributed by atoms with Gasteiger partial charge in [0.25, 0.3) is 5.56 Å². The Kier molecular flexibility index (Phi) is 4.59. The molecule has 0 fully saturated rings. The Bertz CT molecular complexity index is 1470. The lowest BCUT2D eigenvalue weighted by atomic mass is 10.2. The molecular formula is C21H14ClFN6O2. The number of hydrogen-bond acceptors (Lipinski definition) is 6. The molecule has 0 bridgehead atoms. The number of hydrogen-bond donors (Lipinski definition) is 0. The third-order valence-electron chi connectivity index (χ3n) is 4.78. The summed E-state index contributed by atoms with van der Waals surface area (Å²) in [5.41, 5.74) is 2.61. The van der Waals surface area contributed by atoms with Crippen LogP contribution in [0.5, 0.6) is 0 Å². The van der Waals surface area contributed by atoms with Crippen LogP contribution in [0.15, 0.2) is 64.3 Å². The van der Waals surface area contributed by atoms with E-state index >= 15 is 0 Å². The molecule has 5 rings (SSSR count). The van der Waals surface area contributed by atoms with Crippen molar-refractivity contribution in [3.63, 3.8) is 0 Å². The van der Waals surface area contributed by atoms with Crippen molar-refractivity contribution in [2.45, 2.75) is 13.5 Å². The summed E-state index contributed by atoms with van der Waals surface area (Å²) in [4.78, 5) is 21.6. The summed E-state index contributed by atoms with van der Waals surface area (Å²) in [7, 11) is 0. The standard InChI is InChI=1S/C21H14ClFN6O2/c1-12-2-5-14(6-3-12)29-20-15(9-25-29)21(30)28(11-24-20)10-18-26-19(27-31-18)13-4-7-17(23)16(22)8-13/h2-9,11H,10H2,1H3. The Hall–Kier alpha value is -3.85. The van der Waals surface area contributed by atoms with Gasteiger partial charge >= 0.3 is 0 Å². The van der Waals surface area contributed by atoms with E-state index in [0.29, 0.717) is 16.6 Å². The molecule has 0 saturated carbocycles. The highest BCUT2D eigenvalue weighted by atomic mass is 35.5. The van der Waals surface area contributed by atoms with E-state index in [9.17, 15) is 9.18 Å². The normalized spacial score (nSPS) is 11.3. The van der Waals surface area contributed by atoms with E-state index in [-0.39, 0.29) is 28.8 Å². The summed E-state index contributed by atoms with van der Waals surface area (Å²) in [6, 6.07) is 11.9. The van der Waals surface area contributed by atoms with Crippen LogP contribution in [-0.2, 0) is 6.54 Å². The summed E-state index contributed by atoms with van der Waals surface area (Å²) in [5.74, 6) is -0.0953. The minimum atomic E-state index is -0.536. The van der Waals surface area contributed by atoms with Gasteiger partial charge in [-0.1, -0.05) is 34.5 Å². The van der Waals surface area contributed by atoms with Gasteiger partial charge in [-0.25, -0.2) is 14.1 Å². The lowest BCUT2D eigenvalue weighted by Crippen LogP contribution is -2.21. The summed E-state index contributed by atoms with van der Waals surface area (Å²) < 4.78 is 21.6. The Morgan fingerprint density at radius 3 is 2.74 bits per heavy atom. The Labute approximate surface area is 179 Å². The molecule has 2 aromatic carbocycles. The van der Waals surface area contributed by atoms with Crippen LogP contribution < -0.4 is 5.56 Å². The van der Waals surface area contributed by atoms with Crippen LogP contribution in [0.25, 0.3) is 28.1 Å². The highest BCUT2D eigenvalue weighted by molar-refractivity contribution is 6.31. The molecule has 8 nitrogen and oxygen atoms in total. The van der Waals surface area contributed by atoms with Gasteiger partial charge in [-0.05, 0) is 37.3 Å². The van der Waals surface area contributed by atoms with E-state index in [1.165, 1.54) is 35.3 Å². The maximum atomic E-state index is 13.4. The van der Waals surface area contributed by atoms with Crippen LogP contribution >= 0.6 is 11.6 Å². The number of fused-ring (bicyclic) bond motifs is 1. The molecule has 0 aliphatic carbocycles. The Morgan fingerprint density at radius 1 is 1.16 bits per heavy atom. The lowest BCUT2D eigenvalue weighted by molar-refractivity contribution is 0.369. The number of halogens is 2. The lowest BCUT2D eigenvalue weighted by Gasteiger charge is -2.05. The molecule has 0 spiro atoms. The first-order valence-electron chi connectivity index (χ1n) is 9.28. The summed E-state index contributed by atoms with van der Waals surface area (Å²) >= 11 is 5.81. The highest BCUT2D eigenvalue weighted by Gasteiger charge is 2.15. The first kappa shape index (κ1) is 19.1. The van der Waals surface area contributed by atoms with Crippen LogP contribution in [0.1, 0.15) is 11.5 Å². The largest absolute Gasteiger partial charge is 0.337 e. The molecule has 3 aromatic heterocycles. The number of nitrogens with zero attached hydrogens (tertiary/aromatic N) is 6. The molecule has 0 atom stereocenters. The van der Waals surface area contributed by atoms with E-state index in [1.54, 1.807) is 4.68 Å². The molecular weight excluding hydrogens is 423 g/mol. The molecule has 154 valence electrons. The Balaban J connectivity index is 1.46. The zero-order valence-electron chi connectivity index (χ0n) is 16.2. The van der Waals surface area contributed by atoms with Gasteiger partial charge < -0.3 is 4.52 Å². The molecule has 10 heteroatoms. The minimum absolute atomic E-state index is 0.0272. The van der Waals surface area contributed by atoms with Gasteiger partial charge in [0.2, 0.25) is 11.7 Å². The predicted molar refractivity (Wildman–Crippen MR) is 112 cm³/mol. The molecule has 3 heterocycles. The van der Waals surface area contributed by atoms with Gasteiger partial charge in [-0.15, -0.1) is 0 Å². The molecule has 0 unspecified atom stereocenters. The first-order chi connectivity index (χ1) is 15.0. The monoisotopic (exact) mass is 436 g/mol. The van der Waals surface area contributed by atoms with Gasteiger partial charge in [-0.2, -0.15) is 10.1 Å². The zero-order chi connectivity index (χ0) is 21.5. The van der Waals surface area contributed by atoms with Gasteiger partial charge in [0.15, 0.2) is 5.65 Å². The van der Waals surface area contributed by atoms with Crippen molar-refractivity contribution in [1.82, 2.24) is 29.5 Å². The summed E-state index contributed by atoms with van der Waals surface area (Å²) in [6.07, 6.45) is 2.90. The second-order valence-corrected chi connectivity index (χ2v) is 7.35. The van der Waals surface area contributed by atoms with E-state index in [0.717, 1.165) is 11.3 Å². The first-order valence-corrected chi connectivity index (χ1v) is 9.65. The number of benzene rings is 2. The van der Waals surface area contributed by atoms with Gasteiger partial charge in [0.1, 0.15) is 24.1 Å². The molecule has 0 saturated heterocycles. The number of rotatable bonds is 4. The van der Waals surface area contributed by atoms with Crippen LogP contribution in [0, 0.1) is 12.7 Å². The quantitative estimate of drug-likeness (QED) is 0.425. The van der Waals surface area contributed by atoms with Crippen molar-refractivity contribution < 1.29 is 8.91 Å². The van der Waals surface area contributed by atoms with Crippen LogP contribution in [0.2, 0.25) is 5.02 Å². The average molecular weight is 437 g/mol. The molecule has 31 heavy (non-hydrogen) atoms. The fourth-order valence-corrected chi connectivity index (χ4v) is 3.33. The summed E-state index contributed by atoms with van der Waals surface area (Å²) in [6.45, 7) is 2.02. The van der Waals surface area contributed by atoms with E-state index in [1.807, 2.05) is 31.2 Å². The van der Waals surface area contributed by atoms with Gasteiger partial charge in [0.05, 0.1) is 16.9 Å². The van der Waals surface area contributed by atoms with E-state index < -0.39 is 5.82 Å². The van der Waals surface area contributed by atoms with Crippen LogP contribution in [0.4, 0.5) is 4.39 Å². The molecule has 0 aliphatic heterocycles.